The van der Waals surface area contributed by atoms with Crippen molar-refractivity contribution < 1.29 is 9.13 Å². The van der Waals surface area contributed by atoms with Gasteiger partial charge in [-0.15, -0.1) is 0 Å². The summed E-state index contributed by atoms with van der Waals surface area (Å²) in [6.07, 6.45) is 8.52. The summed E-state index contributed by atoms with van der Waals surface area (Å²) < 4.78 is 18.5. The first-order valence-corrected chi connectivity index (χ1v) is 4.82. The highest BCUT2D eigenvalue weighted by Gasteiger charge is 2.18. The minimum absolute atomic E-state index is 0.212. The predicted octanol–water partition coefficient (Wildman–Crippen LogP) is 2.78. The molecule has 5 radical (unpaired) electrons. The Hall–Kier alpha value is -1.05. The quantitative estimate of drug-likeness (QED) is 0.734. The Morgan fingerprint density at radius 1 is 1.20 bits per heavy atom. The monoisotopic (exact) mass is 203 g/mol. The van der Waals surface area contributed by atoms with Crippen LogP contribution in [0.5, 0.6) is 5.75 Å². The molecule has 0 amide bonds. The molecule has 2 heteroatoms. The van der Waals surface area contributed by atoms with Gasteiger partial charge in [-0.1, -0.05) is 6.07 Å². The minimum Gasteiger partial charge on any atom is -0.497 e. The Labute approximate surface area is 90.3 Å². The van der Waals surface area contributed by atoms with Crippen molar-refractivity contribution in [1.82, 2.24) is 0 Å². The van der Waals surface area contributed by atoms with Crippen LogP contribution in [0.15, 0.2) is 18.2 Å². The molecule has 0 spiro atoms. The van der Waals surface area contributed by atoms with Gasteiger partial charge < -0.3 is 4.74 Å². The summed E-state index contributed by atoms with van der Waals surface area (Å²) in [7, 11) is 1.53. The highest BCUT2D eigenvalue weighted by molar-refractivity contribution is 5.40. The van der Waals surface area contributed by atoms with E-state index in [9.17, 15) is 4.39 Å². The zero-order valence-electron chi connectivity index (χ0n) is 8.53. The molecule has 0 bridgehead atoms. The van der Waals surface area contributed by atoms with E-state index in [1.54, 1.807) is 12.1 Å². The fourth-order valence-corrected chi connectivity index (χ4v) is 1.55. The minimum atomic E-state index is -0.212. The second-order valence-corrected chi connectivity index (χ2v) is 3.43. The molecule has 0 N–H and O–H groups in total. The van der Waals surface area contributed by atoms with Gasteiger partial charge in [0.05, 0.1) is 7.11 Å². The maximum absolute atomic E-state index is 13.5. The van der Waals surface area contributed by atoms with Crippen molar-refractivity contribution in [3.8, 4) is 5.75 Å². The SMILES string of the molecule is COc1ccc(C[C]2[CH][CH][CH][CH]2)c(F)c1. The van der Waals surface area contributed by atoms with Crippen molar-refractivity contribution in [2.75, 3.05) is 7.11 Å². The van der Waals surface area contributed by atoms with Crippen LogP contribution in [0.2, 0.25) is 0 Å². The standard InChI is InChI=1S/C13H12FO/c1-15-12-7-6-11(13(14)9-12)8-10-4-2-3-5-10/h2-7,9H,8H2,1H3. The lowest BCUT2D eigenvalue weighted by Gasteiger charge is -2.09. The summed E-state index contributed by atoms with van der Waals surface area (Å²) in [5, 5.41) is 0. The van der Waals surface area contributed by atoms with Gasteiger partial charge in [-0.05, 0) is 49.7 Å². The smallest absolute Gasteiger partial charge is 0.130 e. The van der Waals surface area contributed by atoms with Gasteiger partial charge in [0.15, 0.2) is 0 Å². The van der Waals surface area contributed by atoms with Gasteiger partial charge in [0.1, 0.15) is 11.6 Å². The molecule has 1 aliphatic carbocycles. The first kappa shape index (κ1) is 10.5. The fourth-order valence-electron chi connectivity index (χ4n) is 1.55. The molecule has 0 saturated heterocycles. The summed E-state index contributed by atoms with van der Waals surface area (Å²) in [5.74, 6) is 1.47. The number of ether oxygens (including phenoxy) is 1. The molecule has 77 valence electrons. The summed E-state index contributed by atoms with van der Waals surface area (Å²) in [6.45, 7) is 0. The van der Waals surface area contributed by atoms with E-state index in [0.717, 1.165) is 5.92 Å². The normalized spacial score (nSPS) is 16.9. The summed E-state index contributed by atoms with van der Waals surface area (Å²) in [5.41, 5.74) is 0.696. The van der Waals surface area contributed by atoms with E-state index in [1.165, 1.54) is 13.2 Å². The molecule has 0 aliphatic heterocycles. The highest BCUT2D eigenvalue weighted by Crippen LogP contribution is 2.28. The molecule has 1 aromatic carbocycles. The molecule has 1 aromatic rings. The topological polar surface area (TPSA) is 9.23 Å². The molecule has 1 aliphatic rings. The molecular formula is C13H12FO. The van der Waals surface area contributed by atoms with Crippen LogP contribution in [0, 0.1) is 37.4 Å². The number of hydrogen-bond acceptors (Lipinski definition) is 1. The van der Waals surface area contributed by atoms with Gasteiger partial charge in [0.2, 0.25) is 0 Å². The van der Waals surface area contributed by atoms with Crippen LogP contribution in [0.25, 0.3) is 0 Å². The van der Waals surface area contributed by atoms with E-state index >= 15 is 0 Å². The molecule has 2 rings (SSSR count). The van der Waals surface area contributed by atoms with Crippen LogP contribution < -0.4 is 4.74 Å². The van der Waals surface area contributed by atoms with Crippen molar-refractivity contribution in [3.05, 3.63) is 61.2 Å². The van der Waals surface area contributed by atoms with E-state index in [1.807, 2.05) is 25.7 Å². The fraction of sp³-hybridized carbons (Fsp3) is 0.154. The Bertz CT molecular complexity index is 329. The molecule has 0 unspecified atom stereocenters. The number of hydrogen-bond donors (Lipinski definition) is 0. The van der Waals surface area contributed by atoms with Crippen molar-refractivity contribution in [3.63, 3.8) is 0 Å². The second-order valence-electron chi connectivity index (χ2n) is 3.43. The third kappa shape index (κ3) is 2.49. The summed E-state index contributed by atoms with van der Waals surface area (Å²) >= 11 is 0. The molecule has 0 aromatic heterocycles. The van der Waals surface area contributed by atoms with E-state index in [0.29, 0.717) is 17.7 Å². The van der Waals surface area contributed by atoms with E-state index in [-0.39, 0.29) is 5.82 Å². The molecular weight excluding hydrogens is 191 g/mol. The Morgan fingerprint density at radius 3 is 2.53 bits per heavy atom. The van der Waals surface area contributed by atoms with Gasteiger partial charge in [-0.3, -0.25) is 0 Å². The van der Waals surface area contributed by atoms with Crippen LogP contribution in [-0.4, -0.2) is 7.11 Å². The predicted molar refractivity (Wildman–Crippen MR) is 57.1 cm³/mol. The number of halogens is 1. The molecule has 15 heavy (non-hydrogen) atoms. The van der Waals surface area contributed by atoms with Gasteiger partial charge in [-0.2, -0.15) is 0 Å². The maximum Gasteiger partial charge on any atom is 0.130 e. The lowest BCUT2D eigenvalue weighted by molar-refractivity contribution is 0.410. The Kier molecular flexibility index (Phi) is 3.24. The number of rotatable bonds is 3. The molecule has 1 saturated carbocycles. The first-order chi connectivity index (χ1) is 7.29. The third-order valence-electron chi connectivity index (χ3n) is 2.39. The number of benzene rings is 1. The lowest BCUT2D eigenvalue weighted by Crippen LogP contribution is -2.00. The van der Waals surface area contributed by atoms with Gasteiger partial charge in [0.25, 0.3) is 0 Å². The first-order valence-electron chi connectivity index (χ1n) is 4.82. The van der Waals surface area contributed by atoms with Crippen molar-refractivity contribution in [2.45, 2.75) is 6.42 Å². The molecule has 1 nitrogen and oxygen atoms in total. The van der Waals surface area contributed by atoms with Gasteiger partial charge in [-0.25, -0.2) is 4.39 Å². The van der Waals surface area contributed by atoms with Crippen molar-refractivity contribution in [1.29, 1.82) is 0 Å². The van der Waals surface area contributed by atoms with Gasteiger partial charge in [0, 0.05) is 6.07 Å². The lowest BCUT2D eigenvalue weighted by atomic mass is 9.97. The highest BCUT2D eigenvalue weighted by atomic mass is 19.1. The largest absolute Gasteiger partial charge is 0.497 e. The van der Waals surface area contributed by atoms with Crippen molar-refractivity contribution >= 4 is 0 Å². The summed E-state index contributed by atoms with van der Waals surface area (Å²) in [6, 6.07) is 4.96. The van der Waals surface area contributed by atoms with Crippen molar-refractivity contribution in [2.24, 2.45) is 0 Å². The average Bonchev–Trinajstić information content (AvgIpc) is 2.74. The summed E-state index contributed by atoms with van der Waals surface area (Å²) in [4.78, 5) is 0. The third-order valence-corrected chi connectivity index (χ3v) is 2.39. The van der Waals surface area contributed by atoms with Crippen LogP contribution >= 0.6 is 0 Å². The number of methoxy groups -OCH3 is 1. The molecule has 0 atom stereocenters. The average molecular weight is 203 g/mol. The van der Waals surface area contributed by atoms with Crippen LogP contribution in [0.1, 0.15) is 5.56 Å². The van der Waals surface area contributed by atoms with E-state index in [4.69, 9.17) is 4.74 Å². The van der Waals surface area contributed by atoms with Crippen LogP contribution in [0.4, 0.5) is 4.39 Å². The molecule has 0 heterocycles. The second kappa shape index (κ2) is 4.65. The maximum atomic E-state index is 13.5. The van der Waals surface area contributed by atoms with E-state index < -0.39 is 0 Å². The Morgan fingerprint density at radius 2 is 1.93 bits per heavy atom. The zero-order chi connectivity index (χ0) is 10.7. The van der Waals surface area contributed by atoms with Crippen LogP contribution in [-0.2, 0) is 6.42 Å². The van der Waals surface area contributed by atoms with E-state index in [2.05, 4.69) is 0 Å². The van der Waals surface area contributed by atoms with Crippen LogP contribution in [0.3, 0.4) is 0 Å². The molecule has 1 fully saturated rings. The van der Waals surface area contributed by atoms with Gasteiger partial charge >= 0.3 is 0 Å². The zero-order valence-corrected chi connectivity index (χ0v) is 8.53. The Balaban J connectivity index is 2.07.